The molecule has 1 aliphatic rings. The summed E-state index contributed by atoms with van der Waals surface area (Å²) in [4.78, 5) is 19.2. The van der Waals surface area contributed by atoms with Gasteiger partial charge in [-0.15, -0.1) is 0 Å². The summed E-state index contributed by atoms with van der Waals surface area (Å²) in [5.74, 6) is 0.474. The zero-order valence-corrected chi connectivity index (χ0v) is 13.7. The molecule has 1 saturated heterocycles. The van der Waals surface area contributed by atoms with Crippen LogP contribution in [0.25, 0.3) is 11.0 Å². The molecule has 1 atom stereocenters. The van der Waals surface area contributed by atoms with Crippen molar-refractivity contribution in [1.29, 1.82) is 0 Å². The van der Waals surface area contributed by atoms with Crippen LogP contribution in [0.15, 0.2) is 42.6 Å². The van der Waals surface area contributed by atoms with Gasteiger partial charge in [0.25, 0.3) is 5.91 Å². The second-order valence-electron chi connectivity index (χ2n) is 6.44. The Balaban J connectivity index is 1.57. The fourth-order valence-electron chi connectivity index (χ4n) is 3.48. The lowest BCUT2D eigenvalue weighted by molar-refractivity contribution is 0.0707. The highest BCUT2D eigenvalue weighted by atomic mass is 16.2. The zero-order chi connectivity index (χ0) is 16.5. The van der Waals surface area contributed by atoms with Crippen molar-refractivity contribution in [3.8, 4) is 0 Å². The molecule has 1 aromatic carbocycles. The molecule has 3 heterocycles. The molecule has 5 nitrogen and oxygen atoms in total. The first kappa shape index (κ1) is 14.9. The Morgan fingerprint density at radius 3 is 2.96 bits per heavy atom. The van der Waals surface area contributed by atoms with Gasteiger partial charge in [0.1, 0.15) is 0 Å². The average molecular weight is 320 g/mol. The number of hydrogen-bond donors (Lipinski definition) is 1. The number of amides is 1. The van der Waals surface area contributed by atoms with E-state index >= 15 is 0 Å². The molecule has 0 bridgehead atoms. The summed E-state index contributed by atoms with van der Waals surface area (Å²) in [5.41, 5.74) is 3.55. The molecule has 1 amide bonds. The van der Waals surface area contributed by atoms with Crippen molar-refractivity contribution in [3.63, 3.8) is 0 Å². The summed E-state index contributed by atoms with van der Waals surface area (Å²) in [7, 11) is 0. The highest BCUT2D eigenvalue weighted by Crippen LogP contribution is 2.27. The van der Waals surface area contributed by atoms with E-state index in [0.717, 1.165) is 37.0 Å². The fourth-order valence-corrected chi connectivity index (χ4v) is 3.48. The van der Waals surface area contributed by atoms with E-state index in [1.54, 1.807) is 6.20 Å². The zero-order valence-electron chi connectivity index (χ0n) is 13.7. The molecule has 4 rings (SSSR count). The number of carbonyl (C=O) groups is 1. The molecule has 3 aromatic rings. The summed E-state index contributed by atoms with van der Waals surface area (Å²) >= 11 is 0. The average Bonchev–Trinajstić information content (AvgIpc) is 3.02. The molecule has 1 unspecified atom stereocenters. The Morgan fingerprint density at radius 1 is 1.29 bits per heavy atom. The summed E-state index contributed by atoms with van der Waals surface area (Å²) in [5, 5.41) is 7.95. The van der Waals surface area contributed by atoms with Crippen molar-refractivity contribution >= 4 is 16.9 Å². The highest BCUT2D eigenvalue weighted by Gasteiger charge is 2.26. The molecule has 0 spiro atoms. The number of aromatic nitrogens is 3. The monoisotopic (exact) mass is 320 g/mol. The van der Waals surface area contributed by atoms with Gasteiger partial charge in [-0.2, -0.15) is 5.10 Å². The van der Waals surface area contributed by atoms with Crippen molar-refractivity contribution in [2.24, 2.45) is 0 Å². The van der Waals surface area contributed by atoms with Crippen LogP contribution in [0.1, 0.15) is 40.4 Å². The third-order valence-corrected chi connectivity index (χ3v) is 4.83. The minimum Gasteiger partial charge on any atom is -0.338 e. The van der Waals surface area contributed by atoms with Gasteiger partial charge >= 0.3 is 0 Å². The Hall–Kier alpha value is -2.69. The number of pyridine rings is 1. The predicted octanol–water partition coefficient (Wildman–Crippen LogP) is 3.29. The third-order valence-electron chi connectivity index (χ3n) is 4.83. The van der Waals surface area contributed by atoms with E-state index in [-0.39, 0.29) is 5.91 Å². The number of nitrogens with one attached hydrogen (secondary N) is 1. The van der Waals surface area contributed by atoms with Crippen LogP contribution in [-0.4, -0.2) is 39.1 Å². The summed E-state index contributed by atoms with van der Waals surface area (Å²) in [6.45, 7) is 3.52. The number of aryl methyl sites for hydroxylation is 1. The Kier molecular flexibility index (Phi) is 3.76. The maximum Gasteiger partial charge on any atom is 0.255 e. The molecule has 0 aliphatic carbocycles. The van der Waals surface area contributed by atoms with E-state index in [9.17, 15) is 4.79 Å². The van der Waals surface area contributed by atoms with Crippen LogP contribution in [0.4, 0.5) is 0 Å². The van der Waals surface area contributed by atoms with E-state index in [1.807, 2.05) is 24.0 Å². The van der Waals surface area contributed by atoms with Crippen LogP contribution >= 0.6 is 0 Å². The number of fused-ring (bicyclic) bond motifs is 1. The van der Waals surface area contributed by atoms with E-state index in [4.69, 9.17) is 0 Å². The largest absolute Gasteiger partial charge is 0.338 e. The minimum absolute atomic E-state index is 0.0608. The van der Waals surface area contributed by atoms with Gasteiger partial charge < -0.3 is 4.90 Å². The van der Waals surface area contributed by atoms with E-state index in [2.05, 4.69) is 39.4 Å². The smallest absolute Gasteiger partial charge is 0.255 e. The van der Waals surface area contributed by atoms with Gasteiger partial charge in [0.15, 0.2) is 5.65 Å². The lowest BCUT2D eigenvalue weighted by Crippen LogP contribution is -2.39. The Morgan fingerprint density at radius 2 is 2.12 bits per heavy atom. The highest BCUT2D eigenvalue weighted by molar-refractivity contribution is 5.97. The number of likely N-dealkylation sites (tertiary alicyclic amines) is 1. The second kappa shape index (κ2) is 6.07. The molecule has 0 radical (unpaired) electrons. The van der Waals surface area contributed by atoms with Gasteiger partial charge in [-0.05, 0) is 31.4 Å². The van der Waals surface area contributed by atoms with E-state index in [1.165, 1.54) is 5.56 Å². The SMILES string of the molecule is Cc1[nH]nc2ncc(C(=O)N3CCCC(c4ccccc4)C3)cc12. The van der Waals surface area contributed by atoms with Crippen LogP contribution in [0.2, 0.25) is 0 Å². The molecule has 0 saturated carbocycles. The first-order valence-electron chi connectivity index (χ1n) is 8.37. The van der Waals surface area contributed by atoms with Crippen LogP contribution in [-0.2, 0) is 0 Å². The van der Waals surface area contributed by atoms with Crippen molar-refractivity contribution in [3.05, 3.63) is 59.4 Å². The molecule has 1 aliphatic heterocycles. The molecule has 2 aromatic heterocycles. The quantitative estimate of drug-likeness (QED) is 0.788. The Bertz CT molecular complexity index is 871. The van der Waals surface area contributed by atoms with Crippen molar-refractivity contribution < 1.29 is 4.79 Å². The fraction of sp³-hybridized carbons (Fsp3) is 0.316. The Labute approximate surface area is 140 Å². The third kappa shape index (κ3) is 2.66. The van der Waals surface area contributed by atoms with Gasteiger partial charge in [-0.1, -0.05) is 30.3 Å². The number of H-pyrrole nitrogens is 1. The molecular weight excluding hydrogens is 300 g/mol. The molecule has 5 heteroatoms. The normalized spacial score (nSPS) is 18.0. The van der Waals surface area contributed by atoms with Crippen LogP contribution in [0, 0.1) is 6.92 Å². The number of piperidine rings is 1. The summed E-state index contributed by atoms with van der Waals surface area (Å²) in [6.07, 6.45) is 3.80. The first-order chi connectivity index (χ1) is 11.7. The molecule has 1 N–H and O–H groups in total. The van der Waals surface area contributed by atoms with Crippen LogP contribution in [0.3, 0.4) is 0 Å². The number of aromatic amines is 1. The number of benzene rings is 1. The van der Waals surface area contributed by atoms with Gasteiger partial charge in [0.05, 0.1) is 5.56 Å². The first-order valence-corrected chi connectivity index (χ1v) is 8.37. The maximum absolute atomic E-state index is 12.9. The van der Waals surface area contributed by atoms with E-state index in [0.29, 0.717) is 17.1 Å². The molecule has 24 heavy (non-hydrogen) atoms. The lowest BCUT2D eigenvalue weighted by Gasteiger charge is -2.33. The maximum atomic E-state index is 12.9. The van der Waals surface area contributed by atoms with Crippen molar-refractivity contribution in [2.75, 3.05) is 13.1 Å². The van der Waals surface area contributed by atoms with Crippen molar-refractivity contribution in [1.82, 2.24) is 20.1 Å². The minimum atomic E-state index is 0.0608. The second-order valence-corrected chi connectivity index (χ2v) is 6.44. The van der Waals surface area contributed by atoms with Gasteiger partial charge in [0.2, 0.25) is 0 Å². The van der Waals surface area contributed by atoms with Gasteiger partial charge in [-0.25, -0.2) is 4.98 Å². The van der Waals surface area contributed by atoms with Crippen molar-refractivity contribution in [2.45, 2.75) is 25.7 Å². The van der Waals surface area contributed by atoms with Crippen LogP contribution in [0.5, 0.6) is 0 Å². The summed E-state index contributed by atoms with van der Waals surface area (Å²) < 4.78 is 0. The molecule has 122 valence electrons. The van der Waals surface area contributed by atoms with Gasteiger partial charge in [-0.3, -0.25) is 9.89 Å². The standard InChI is InChI=1S/C19H20N4O/c1-13-17-10-16(11-20-18(17)22-21-13)19(24)23-9-5-8-15(12-23)14-6-3-2-4-7-14/h2-4,6-7,10-11,15H,5,8-9,12H2,1H3,(H,20,21,22). The summed E-state index contributed by atoms with van der Waals surface area (Å²) in [6, 6.07) is 12.4. The number of carbonyl (C=O) groups excluding carboxylic acids is 1. The number of rotatable bonds is 2. The van der Waals surface area contributed by atoms with E-state index < -0.39 is 0 Å². The predicted molar refractivity (Wildman–Crippen MR) is 92.9 cm³/mol. The topological polar surface area (TPSA) is 61.9 Å². The lowest BCUT2D eigenvalue weighted by atomic mass is 9.90. The van der Waals surface area contributed by atoms with Gasteiger partial charge in [0, 0.05) is 36.3 Å². The molecular formula is C19H20N4O. The van der Waals surface area contributed by atoms with Crippen LogP contribution < -0.4 is 0 Å². The number of nitrogens with zero attached hydrogens (tertiary/aromatic N) is 3. The number of hydrogen-bond acceptors (Lipinski definition) is 3. The molecule has 1 fully saturated rings.